The van der Waals surface area contributed by atoms with Gasteiger partial charge in [-0.05, 0) is 44.2 Å². The maximum absolute atomic E-state index is 11.2. The van der Waals surface area contributed by atoms with Gasteiger partial charge in [-0.2, -0.15) is 0 Å². The number of anilines is 1. The van der Waals surface area contributed by atoms with Crippen molar-refractivity contribution in [1.29, 1.82) is 0 Å². The third kappa shape index (κ3) is 3.13. The van der Waals surface area contributed by atoms with Gasteiger partial charge in [0.1, 0.15) is 0 Å². The average Bonchev–Trinajstić information content (AvgIpc) is 2.38. The SMILES string of the molecule is Cc1ccc(NCC2CC=CCC2)c(C(=O)O)c1. The fourth-order valence-electron chi connectivity index (χ4n) is 2.29. The minimum Gasteiger partial charge on any atom is -0.478 e. The molecular weight excluding hydrogens is 226 g/mol. The zero-order valence-electron chi connectivity index (χ0n) is 10.6. The Balaban J connectivity index is 2.04. The summed E-state index contributed by atoms with van der Waals surface area (Å²) in [4.78, 5) is 11.2. The van der Waals surface area contributed by atoms with Crippen LogP contribution in [0.3, 0.4) is 0 Å². The molecule has 1 aliphatic carbocycles. The third-order valence-corrected chi connectivity index (χ3v) is 3.36. The molecule has 1 aliphatic rings. The van der Waals surface area contributed by atoms with E-state index in [2.05, 4.69) is 17.5 Å². The molecule has 2 rings (SSSR count). The van der Waals surface area contributed by atoms with Gasteiger partial charge >= 0.3 is 5.97 Å². The Kier molecular flexibility index (Phi) is 4.03. The molecule has 0 saturated carbocycles. The van der Waals surface area contributed by atoms with Crippen LogP contribution in [0.2, 0.25) is 0 Å². The van der Waals surface area contributed by atoms with E-state index in [1.54, 1.807) is 6.07 Å². The van der Waals surface area contributed by atoms with Crippen LogP contribution < -0.4 is 5.32 Å². The summed E-state index contributed by atoms with van der Waals surface area (Å²) in [6.07, 6.45) is 7.82. The summed E-state index contributed by atoms with van der Waals surface area (Å²) < 4.78 is 0. The van der Waals surface area contributed by atoms with Crippen LogP contribution >= 0.6 is 0 Å². The topological polar surface area (TPSA) is 49.3 Å². The highest BCUT2D eigenvalue weighted by molar-refractivity contribution is 5.94. The number of hydrogen-bond acceptors (Lipinski definition) is 2. The van der Waals surface area contributed by atoms with Gasteiger partial charge in [0.15, 0.2) is 0 Å². The minimum absolute atomic E-state index is 0.362. The summed E-state index contributed by atoms with van der Waals surface area (Å²) in [5.74, 6) is -0.261. The van der Waals surface area contributed by atoms with E-state index in [0.29, 0.717) is 11.5 Å². The molecule has 0 radical (unpaired) electrons. The molecule has 1 unspecified atom stereocenters. The Bertz CT molecular complexity index is 466. The number of nitrogens with one attached hydrogen (secondary N) is 1. The molecule has 0 aliphatic heterocycles. The molecule has 0 bridgehead atoms. The lowest BCUT2D eigenvalue weighted by Crippen LogP contribution is -2.17. The van der Waals surface area contributed by atoms with Gasteiger partial charge in [-0.25, -0.2) is 4.79 Å². The summed E-state index contributed by atoms with van der Waals surface area (Å²) in [6.45, 7) is 2.75. The monoisotopic (exact) mass is 245 g/mol. The first-order valence-electron chi connectivity index (χ1n) is 6.39. The average molecular weight is 245 g/mol. The predicted molar refractivity (Wildman–Crippen MR) is 73.1 cm³/mol. The molecule has 18 heavy (non-hydrogen) atoms. The van der Waals surface area contributed by atoms with Crippen LogP contribution in [0.5, 0.6) is 0 Å². The van der Waals surface area contributed by atoms with Crippen molar-refractivity contribution in [2.24, 2.45) is 5.92 Å². The highest BCUT2D eigenvalue weighted by Gasteiger charge is 2.13. The largest absolute Gasteiger partial charge is 0.478 e. The minimum atomic E-state index is -0.871. The molecule has 0 aromatic heterocycles. The number of hydrogen-bond donors (Lipinski definition) is 2. The van der Waals surface area contributed by atoms with E-state index in [0.717, 1.165) is 30.6 Å². The number of aromatic carboxylic acids is 1. The van der Waals surface area contributed by atoms with Gasteiger partial charge in [0.2, 0.25) is 0 Å². The second-order valence-electron chi connectivity index (χ2n) is 4.89. The van der Waals surface area contributed by atoms with Crippen LogP contribution in [0, 0.1) is 12.8 Å². The molecule has 96 valence electrons. The lowest BCUT2D eigenvalue weighted by atomic mass is 9.94. The number of carboxylic acid groups (broad SMARTS) is 1. The lowest BCUT2D eigenvalue weighted by Gasteiger charge is -2.19. The first-order valence-corrected chi connectivity index (χ1v) is 6.39. The molecule has 0 spiro atoms. The normalized spacial score (nSPS) is 18.6. The lowest BCUT2D eigenvalue weighted by molar-refractivity contribution is 0.0698. The van der Waals surface area contributed by atoms with Crippen LogP contribution in [0.4, 0.5) is 5.69 Å². The molecule has 1 aromatic carbocycles. The van der Waals surface area contributed by atoms with Gasteiger partial charge < -0.3 is 10.4 Å². The third-order valence-electron chi connectivity index (χ3n) is 3.36. The van der Waals surface area contributed by atoms with E-state index in [1.165, 1.54) is 6.42 Å². The van der Waals surface area contributed by atoms with Crippen molar-refractivity contribution in [2.75, 3.05) is 11.9 Å². The molecule has 0 fully saturated rings. The molecule has 0 saturated heterocycles. The number of rotatable bonds is 4. The predicted octanol–water partition coefficient (Wildman–Crippen LogP) is 3.46. The number of aryl methyl sites for hydroxylation is 1. The van der Waals surface area contributed by atoms with Crippen molar-refractivity contribution in [2.45, 2.75) is 26.2 Å². The molecule has 0 amide bonds. The molecular formula is C15H19NO2. The standard InChI is InChI=1S/C15H19NO2/c1-11-7-8-14(13(9-11)15(17)18)16-10-12-5-3-2-4-6-12/h2-3,7-9,12,16H,4-6,10H2,1H3,(H,17,18). The molecule has 2 N–H and O–H groups in total. The molecule has 3 nitrogen and oxygen atoms in total. The number of allylic oxidation sites excluding steroid dienone is 2. The Morgan fingerprint density at radius 1 is 1.44 bits per heavy atom. The summed E-state index contributed by atoms with van der Waals surface area (Å²) in [7, 11) is 0. The molecule has 3 heteroatoms. The van der Waals surface area contributed by atoms with Crippen molar-refractivity contribution in [1.82, 2.24) is 0 Å². The van der Waals surface area contributed by atoms with Crippen molar-refractivity contribution >= 4 is 11.7 Å². The molecule has 1 aromatic rings. The highest BCUT2D eigenvalue weighted by atomic mass is 16.4. The van der Waals surface area contributed by atoms with Gasteiger partial charge in [-0.1, -0.05) is 23.8 Å². The van der Waals surface area contributed by atoms with Gasteiger partial charge in [-0.15, -0.1) is 0 Å². The van der Waals surface area contributed by atoms with E-state index in [-0.39, 0.29) is 0 Å². The van der Waals surface area contributed by atoms with Gasteiger partial charge in [-0.3, -0.25) is 0 Å². The number of benzene rings is 1. The molecule has 1 atom stereocenters. The Morgan fingerprint density at radius 2 is 2.28 bits per heavy atom. The van der Waals surface area contributed by atoms with Gasteiger partial charge in [0, 0.05) is 12.2 Å². The Morgan fingerprint density at radius 3 is 2.94 bits per heavy atom. The van der Waals surface area contributed by atoms with Gasteiger partial charge in [0.05, 0.1) is 5.56 Å². The zero-order valence-corrected chi connectivity index (χ0v) is 10.6. The van der Waals surface area contributed by atoms with Gasteiger partial charge in [0.25, 0.3) is 0 Å². The second-order valence-corrected chi connectivity index (χ2v) is 4.89. The summed E-state index contributed by atoms with van der Waals surface area (Å²) >= 11 is 0. The van der Waals surface area contributed by atoms with E-state index in [4.69, 9.17) is 0 Å². The van der Waals surface area contributed by atoms with Crippen LogP contribution in [0.25, 0.3) is 0 Å². The van der Waals surface area contributed by atoms with Crippen molar-refractivity contribution in [3.8, 4) is 0 Å². The summed E-state index contributed by atoms with van der Waals surface area (Å²) in [5.41, 5.74) is 2.06. The van der Waals surface area contributed by atoms with E-state index >= 15 is 0 Å². The first-order chi connectivity index (χ1) is 8.66. The Labute approximate surface area is 108 Å². The Hall–Kier alpha value is -1.77. The van der Waals surface area contributed by atoms with Crippen LogP contribution in [0.15, 0.2) is 30.4 Å². The fourth-order valence-corrected chi connectivity index (χ4v) is 2.29. The van der Waals surface area contributed by atoms with E-state index in [9.17, 15) is 9.90 Å². The maximum atomic E-state index is 11.2. The van der Waals surface area contributed by atoms with Crippen LogP contribution in [0.1, 0.15) is 35.2 Å². The zero-order chi connectivity index (χ0) is 13.0. The van der Waals surface area contributed by atoms with Crippen molar-refractivity contribution in [3.63, 3.8) is 0 Å². The van der Waals surface area contributed by atoms with Crippen LogP contribution in [-0.4, -0.2) is 17.6 Å². The van der Waals surface area contributed by atoms with Crippen LogP contribution in [-0.2, 0) is 0 Å². The fraction of sp³-hybridized carbons (Fsp3) is 0.400. The smallest absolute Gasteiger partial charge is 0.337 e. The quantitative estimate of drug-likeness (QED) is 0.799. The van der Waals surface area contributed by atoms with Crippen molar-refractivity contribution < 1.29 is 9.90 Å². The number of carbonyl (C=O) groups is 1. The van der Waals surface area contributed by atoms with E-state index < -0.39 is 5.97 Å². The molecule has 0 heterocycles. The summed E-state index contributed by atoms with van der Waals surface area (Å²) in [5, 5.41) is 12.5. The number of carboxylic acids is 1. The van der Waals surface area contributed by atoms with Crippen molar-refractivity contribution in [3.05, 3.63) is 41.5 Å². The highest BCUT2D eigenvalue weighted by Crippen LogP contribution is 2.21. The second kappa shape index (κ2) is 5.71. The first kappa shape index (κ1) is 12.7. The maximum Gasteiger partial charge on any atom is 0.337 e. The van der Waals surface area contributed by atoms with E-state index in [1.807, 2.05) is 19.1 Å². The summed E-state index contributed by atoms with van der Waals surface area (Å²) in [6, 6.07) is 5.51.